The van der Waals surface area contributed by atoms with Crippen LogP contribution in [0, 0.1) is 13.8 Å². The van der Waals surface area contributed by atoms with Gasteiger partial charge in [-0.3, -0.25) is 9.59 Å². The molecule has 0 unspecified atom stereocenters. The second-order valence-electron chi connectivity index (χ2n) is 3.63. The Morgan fingerprint density at radius 3 is 2.60 bits per heavy atom. The van der Waals surface area contributed by atoms with Crippen LogP contribution in [0.1, 0.15) is 40.2 Å². The van der Waals surface area contributed by atoms with E-state index < -0.39 is 5.97 Å². The van der Waals surface area contributed by atoms with Gasteiger partial charge in [-0.25, -0.2) is 0 Å². The van der Waals surface area contributed by atoms with Gasteiger partial charge in [0.1, 0.15) is 0 Å². The largest absolute Gasteiger partial charge is 0.481 e. The molecule has 0 saturated carbocycles. The predicted octanol–water partition coefficient (Wildman–Crippen LogP) is 1.85. The van der Waals surface area contributed by atoms with Crippen molar-refractivity contribution in [2.75, 3.05) is 0 Å². The third-order valence-corrected chi connectivity index (χ3v) is 2.57. The molecule has 0 radical (unpaired) electrons. The Morgan fingerprint density at radius 1 is 1.47 bits per heavy atom. The number of aryl methyl sites for hydroxylation is 1. The molecule has 0 atom stereocenters. The van der Waals surface area contributed by atoms with Gasteiger partial charge in [0.05, 0.1) is 5.69 Å². The predicted molar refractivity (Wildman–Crippen MR) is 56.2 cm³/mol. The van der Waals surface area contributed by atoms with Crippen LogP contribution in [0.5, 0.6) is 0 Å². The first-order chi connectivity index (χ1) is 7.06. The molecule has 0 spiro atoms. The normalized spacial score (nSPS) is 10.3. The fraction of sp³-hybridized carbons (Fsp3) is 0.455. The summed E-state index contributed by atoms with van der Waals surface area (Å²) in [5.41, 5.74) is 3.56. The molecule has 82 valence electrons. The minimum Gasteiger partial charge on any atom is -0.481 e. The van der Waals surface area contributed by atoms with Gasteiger partial charge >= 0.3 is 5.97 Å². The summed E-state index contributed by atoms with van der Waals surface area (Å²) in [6.45, 7) is 3.78. The fourth-order valence-electron chi connectivity index (χ4n) is 1.72. The molecule has 1 rings (SSSR count). The quantitative estimate of drug-likeness (QED) is 0.727. The minimum atomic E-state index is -0.781. The van der Waals surface area contributed by atoms with Gasteiger partial charge in [-0.15, -0.1) is 0 Å². The lowest BCUT2D eigenvalue weighted by atomic mass is 10.0. The molecule has 4 heteroatoms. The second kappa shape index (κ2) is 4.77. The highest BCUT2D eigenvalue weighted by molar-refractivity contribution is 5.75. The molecule has 0 aliphatic heterocycles. The zero-order valence-corrected chi connectivity index (χ0v) is 8.96. The van der Waals surface area contributed by atoms with E-state index in [1.807, 2.05) is 13.8 Å². The molecule has 0 saturated heterocycles. The lowest BCUT2D eigenvalue weighted by Gasteiger charge is -2.00. The smallest absolute Gasteiger partial charge is 0.303 e. The summed E-state index contributed by atoms with van der Waals surface area (Å²) in [4.78, 5) is 24.0. The molecule has 2 N–H and O–H groups in total. The highest BCUT2D eigenvalue weighted by Crippen LogP contribution is 2.18. The highest BCUT2D eigenvalue weighted by atomic mass is 16.4. The van der Waals surface area contributed by atoms with Crippen LogP contribution in [-0.2, 0) is 11.2 Å². The Hall–Kier alpha value is -1.58. The summed E-state index contributed by atoms with van der Waals surface area (Å²) in [5, 5.41) is 8.52. The van der Waals surface area contributed by atoms with Crippen molar-refractivity contribution in [1.29, 1.82) is 0 Å². The molecule has 15 heavy (non-hydrogen) atoms. The first kappa shape index (κ1) is 11.5. The van der Waals surface area contributed by atoms with E-state index in [0.717, 1.165) is 23.1 Å². The first-order valence-corrected chi connectivity index (χ1v) is 4.91. The number of hydrogen-bond donors (Lipinski definition) is 2. The number of H-pyrrole nitrogens is 1. The number of nitrogens with one attached hydrogen (secondary N) is 1. The van der Waals surface area contributed by atoms with Crippen LogP contribution in [0.3, 0.4) is 0 Å². The van der Waals surface area contributed by atoms with Crippen LogP contribution in [0.15, 0.2) is 0 Å². The van der Waals surface area contributed by atoms with Crippen LogP contribution in [0.25, 0.3) is 0 Å². The minimum absolute atomic E-state index is 0.167. The lowest BCUT2D eigenvalue weighted by molar-refractivity contribution is -0.137. The molecule has 0 aromatic carbocycles. The standard InChI is InChI=1S/C11H15NO3/c1-7-9(4-3-5-11(14)15)8(2)12-10(7)6-13/h6,12H,3-5H2,1-2H3,(H,14,15). The highest BCUT2D eigenvalue weighted by Gasteiger charge is 2.10. The van der Waals surface area contributed by atoms with Gasteiger partial charge in [0.15, 0.2) is 6.29 Å². The van der Waals surface area contributed by atoms with Crippen molar-refractivity contribution in [2.24, 2.45) is 0 Å². The van der Waals surface area contributed by atoms with Crippen molar-refractivity contribution < 1.29 is 14.7 Å². The zero-order valence-electron chi connectivity index (χ0n) is 8.96. The van der Waals surface area contributed by atoms with E-state index in [9.17, 15) is 9.59 Å². The Morgan fingerprint density at radius 2 is 2.13 bits per heavy atom. The van der Waals surface area contributed by atoms with Crippen molar-refractivity contribution in [3.05, 3.63) is 22.5 Å². The molecule has 1 aromatic heterocycles. The average Bonchev–Trinajstić information content (AvgIpc) is 2.44. The van der Waals surface area contributed by atoms with Crippen LogP contribution in [0.2, 0.25) is 0 Å². The van der Waals surface area contributed by atoms with E-state index >= 15 is 0 Å². The summed E-state index contributed by atoms with van der Waals surface area (Å²) in [6, 6.07) is 0. The molecular formula is C11H15NO3. The number of carboxylic acids is 1. The Kier molecular flexibility index (Phi) is 3.66. The number of carboxylic acid groups (broad SMARTS) is 1. The number of rotatable bonds is 5. The van der Waals surface area contributed by atoms with Crippen molar-refractivity contribution in [1.82, 2.24) is 4.98 Å². The number of carbonyl (C=O) groups is 2. The van der Waals surface area contributed by atoms with Crippen molar-refractivity contribution >= 4 is 12.3 Å². The second-order valence-corrected chi connectivity index (χ2v) is 3.63. The van der Waals surface area contributed by atoms with Gasteiger partial charge in [0.2, 0.25) is 0 Å². The van der Waals surface area contributed by atoms with Gasteiger partial charge in [0, 0.05) is 12.1 Å². The average molecular weight is 209 g/mol. The third-order valence-electron chi connectivity index (χ3n) is 2.57. The van der Waals surface area contributed by atoms with Crippen molar-refractivity contribution in [3.8, 4) is 0 Å². The summed E-state index contributed by atoms with van der Waals surface area (Å²) < 4.78 is 0. The summed E-state index contributed by atoms with van der Waals surface area (Å²) in [5.74, 6) is -0.781. The van der Waals surface area contributed by atoms with E-state index in [1.165, 1.54) is 0 Å². The maximum absolute atomic E-state index is 10.6. The zero-order chi connectivity index (χ0) is 11.4. The monoisotopic (exact) mass is 209 g/mol. The van der Waals surface area contributed by atoms with Gasteiger partial charge in [-0.1, -0.05) is 0 Å². The lowest BCUT2D eigenvalue weighted by Crippen LogP contribution is -1.97. The fourth-order valence-corrected chi connectivity index (χ4v) is 1.72. The molecule has 0 aliphatic carbocycles. The molecular weight excluding hydrogens is 194 g/mol. The Bertz CT molecular complexity index is 379. The van der Waals surface area contributed by atoms with E-state index in [4.69, 9.17) is 5.11 Å². The van der Waals surface area contributed by atoms with Gasteiger partial charge in [0.25, 0.3) is 0 Å². The molecule has 1 aromatic rings. The van der Waals surface area contributed by atoms with Gasteiger partial charge < -0.3 is 10.1 Å². The molecule has 0 amide bonds. The summed E-state index contributed by atoms with van der Waals surface area (Å²) in [7, 11) is 0. The summed E-state index contributed by atoms with van der Waals surface area (Å²) >= 11 is 0. The Balaban J connectivity index is 2.72. The van der Waals surface area contributed by atoms with Crippen LogP contribution in [-0.4, -0.2) is 22.3 Å². The van der Waals surface area contributed by atoms with Crippen LogP contribution >= 0.6 is 0 Å². The van der Waals surface area contributed by atoms with Crippen LogP contribution in [0.4, 0.5) is 0 Å². The van der Waals surface area contributed by atoms with Crippen molar-refractivity contribution in [3.63, 3.8) is 0 Å². The van der Waals surface area contributed by atoms with Crippen LogP contribution < -0.4 is 0 Å². The number of aliphatic carboxylic acids is 1. The van der Waals surface area contributed by atoms with Crippen molar-refractivity contribution in [2.45, 2.75) is 33.1 Å². The number of aromatic amines is 1. The number of aromatic nitrogens is 1. The molecule has 0 bridgehead atoms. The molecule has 0 aliphatic rings. The molecule has 0 fully saturated rings. The maximum atomic E-state index is 10.6. The first-order valence-electron chi connectivity index (χ1n) is 4.91. The number of carbonyl (C=O) groups excluding carboxylic acids is 1. The molecule has 4 nitrogen and oxygen atoms in total. The Labute approximate surface area is 88.3 Å². The van der Waals surface area contributed by atoms with Gasteiger partial charge in [-0.05, 0) is 37.8 Å². The molecule has 1 heterocycles. The number of hydrogen-bond acceptors (Lipinski definition) is 2. The van der Waals surface area contributed by atoms with E-state index in [-0.39, 0.29) is 6.42 Å². The SMILES string of the molecule is Cc1[nH]c(C=O)c(C)c1CCCC(=O)O. The number of aldehydes is 1. The summed E-state index contributed by atoms with van der Waals surface area (Å²) in [6.07, 6.45) is 2.27. The van der Waals surface area contributed by atoms with E-state index in [0.29, 0.717) is 18.5 Å². The maximum Gasteiger partial charge on any atom is 0.303 e. The van der Waals surface area contributed by atoms with E-state index in [2.05, 4.69) is 4.98 Å². The topological polar surface area (TPSA) is 70.2 Å². The van der Waals surface area contributed by atoms with Gasteiger partial charge in [-0.2, -0.15) is 0 Å². The third kappa shape index (κ3) is 2.68. The van der Waals surface area contributed by atoms with E-state index in [1.54, 1.807) is 0 Å².